The van der Waals surface area contributed by atoms with Gasteiger partial charge in [0.2, 0.25) is 11.8 Å². The molecule has 0 spiro atoms. The maximum Gasteiger partial charge on any atom is 0.227 e. The van der Waals surface area contributed by atoms with Crippen molar-refractivity contribution in [3.63, 3.8) is 0 Å². The van der Waals surface area contributed by atoms with Crippen LogP contribution in [0, 0.1) is 17.8 Å². The highest BCUT2D eigenvalue weighted by molar-refractivity contribution is 5.99. The fourth-order valence-electron chi connectivity index (χ4n) is 11.3. The number of hydrogen-bond donors (Lipinski definition) is 0. The third kappa shape index (κ3) is 6.32. The third-order valence-corrected chi connectivity index (χ3v) is 13.9. The fourth-order valence-corrected chi connectivity index (χ4v) is 11.3. The van der Waals surface area contributed by atoms with Crippen molar-refractivity contribution in [2.45, 2.75) is 122 Å². The maximum atomic E-state index is 12.8. The zero-order chi connectivity index (χ0) is 37.6. The summed E-state index contributed by atoms with van der Waals surface area (Å²) in [6.07, 6.45) is 11.3. The summed E-state index contributed by atoms with van der Waals surface area (Å²) in [7, 11) is 0. The first-order valence-electron chi connectivity index (χ1n) is 20.9. The smallest absolute Gasteiger partial charge is 0.227 e. The topological polar surface area (TPSA) is 40.6 Å². The Hall–Kier alpha value is -4.18. The van der Waals surface area contributed by atoms with Crippen LogP contribution in [0.3, 0.4) is 0 Å². The average molecular weight is 719 g/mol. The van der Waals surface area contributed by atoms with E-state index in [1.807, 2.05) is 9.80 Å². The summed E-state index contributed by atoms with van der Waals surface area (Å²) in [4.78, 5) is 29.5. The molecule has 4 saturated carbocycles. The molecule has 4 heteroatoms. The highest BCUT2D eigenvalue weighted by Gasteiger charge is 2.52. The van der Waals surface area contributed by atoms with E-state index in [1.54, 1.807) is 0 Å². The number of carbonyl (C=O) groups is 2. The molecule has 2 heterocycles. The minimum atomic E-state index is -0.0245. The van der Waals surface area contributed by atoms with E-state index in [2.05, 4.69) is 120 Å². The molecule has 4 nitrogen and oxygen atoms in total. The van der Waals surface area contributed by atoms with Gasteiger partial charge in [-0.2, -0.15) is 0 Å². The van der Waals surface area contributed by atoms with Crippen molar-refractivity contribution in [2.24, 2.45) is 17.8 Å². The number of carbonyl (C=O) groups excluding carboxylic acids is 2. The van der Waals surface area contributed by atoms with Gasteiger partial charge in [-0.05, 0) is 172 Å². The van der Waals surface area contributed by atoms with E-state index in [-0.39, 0.29) is 28.1 Å². The number of nitrogens with zero attached hydrogens (tertiary/aromatic N) is 2. The largest absolute Gasteiger partial charge is 0.312 e. The Morgan fingerprint density at radius 3 is 1.30 bits per heavy atom. The molecular formula is C50H58N2O2. The summed E-state index contributed by atoms with van der Waals surface area (Å²) in [5, 5.41) is 0. The molecule has 2 aliphatic heterocycles. The number of rotatable bonds is 6. The van der Waals surface area contributed by atoms with Gasteiger partial charge in [0.25, 0.3) is 0 Å². The normalized spacial score (nSPS) is 25.3. The minimum absolute atomic E-state index is 0.0245. The molecule has 10 rings (SSSR count). The van der Waals surface area contributed by atoms with E-state index in [0.29, 0.717) is 12.8 Å². The molecule has 6 fully saturated rings. The highest BCUT2D eigenvalue weighted by atomic mass is 16.2. The van der Waals surface area contributed by atoms with Crippen molar-refractivity contribution in [2.75, 3.05) is 22.9 Å². The van der Waals surface area contributed by atoms with Gasteiger partial charge in [0, 0.05) is 37.3 Å². The van der Waals surface area contributed by atoms with E-state index >= 15 is 0 Å². The van der Waals surface area contributed by atoms with Gasteiger partial charge in [-0.15, -0.1) is 0 Å². The SMILES string of the molecule is CC(C)(C)c1cc(-c2c(-c3ccc(N4CCCC4=O)cc3)cc(C34CC5CC(CC(C5)C3)C4)cc2-c2ccc(N3CCCC3=O)cc2)cc(C(C)(C)C)c1. The lowest BCUT2D eigenvalue weighted by atomic mass is 9.48. The van der Waals surface area contributed by atoms with Crippen LogP contribution in [0.5, 0.6) is 0 Å². The third-order valence-electron chi connectivity index (χ3n) is 13.9. The van der Waals surface area contributed by atoms with Gasteiger partial charge in [0.05, 0.1) is 0 Å². The monoisotopic (exact) mass is 718 g/mol. The van der Waals surface area contributed by atoms with Gasteiger partial charge in [-0.25, -0.2) is 0 Å². The Kier molecular flexibility index (Phi) is 8.52. The molecule has 0 radical (unpaired) electrons. The molecule has 280 valence electrons. The molecule has 0 atom stereocenters. The molecule has 54 heavy (non-hydrogen) atoms. The number of hydrogen-bond acceptors (Lipinski definition) is 2. The Morgan fingerprint density at radius 2 is 0.944 bits per heavy atom. The highest BCUT2D eigenvalue weighted by Crippen LogP contribution is 2.62. The first-order chi connectivity index (χ1) is 25.7. The summed E-state index contributed by atoms with van der Waals surface area (Å²) >= 11 is 0. The number of anilines is 2. The van der Waals surface area contributed by atoms with E-state index in [9.17, 15) is 9.59 Å². The summed E-state index contributed by atoms with van der Waals surface area (Å²) in [6, 6.07) is 30.3. The summed E-state index contributed by atoms with van der Waals surface area (Å²) in [6.45, 7) is 15.5. The molecule has 4 aliphatic carbocycles. The Balaban J connectivity index is 1.30. The lowest BCUT2D eigenvalue weighted by Gasteiger charge is -2.57. The van der Waals surface area contributed by atoms with E-state index in [4.69, 9.17) is 0 Å². The van der Waals surface area contributed by atoms with E-state index in [0.717, 1.165) is 55.1 Å². The Bertz CT molecular complexity index is 1950. The van der Waals surface area contributed by atoms with Crippen molar-refractivity contribution >= 4 is 23.2 Å². The molecule has 4 aromatic carbocycles. The van der Waals surface area contributed by atoms with Crippen molar-refractivity contribution in [3.05, 3.63) is 95.6 Å². The molecule has 2 amide bonds. The second kappa shape index (κ2) is 13.0. The van der Waals surface area contributed by atoms with E-state index < -0.39 is 0 Å². The van der Waals surface area contributed by atoms with Crippen LogP contribution >= 0.6 is 0 Å². The first-order valence-corrected chi connectivity index (χ1v) is 20.9. The standard InChI is InChI=1S/C50H58N2O2/c1-48(2,3)38-24-37(25-39(26-38)49(4,5)6)47-43(35-11-15-41(16-12-35)51-19-7-9-45(51)53)27-40(50-29-32-21-33(30-50)23-34(22-32)31-50)28-44(47)36-13-17-42(18-14-36)52-20-8-10-46(52)54/h11-18,24-28,32-34H,7-10,19-23,29-31H2,1-6H3. The average Bonchev–Trinajstić information content (AvgIpc) is 3.77. The zero-order valence-corrected chi connectivity index (χ0v) is 33.4. The van der Waals surface area contributed by atoms with Crippen LogP contribution in [0.2, 0.25) is 0 Å². The van der Waals surface area contributed by atoms with Crippen LogP contribution in [0.4, 0.5) is 11.4 Å². The van der Waals surface area contributed by atoms with Gasteiger partial charge in [-0.3, -0.25) is 9.59 Å². The summed E-state index contributed by atoms with van der Waals surface area (Å²) in [5.41, 5.74) is 13.8. The number of benzene rings is 4. The molecule has 2 saturated heterocycles. The zero-order valence-electron chi connectivity index (χ0n) is 33.4. The fraction of sp³-hybridized carbons (Fsp3) is 0.480. The predicted molar refractivity (Wildman–Crippen MR) is 223 cm³/mol. The molecule has 6 aliphatic rings. The van der Waals surface area contributed by atoms with Gasteiger partial charge in [-0.1, -0.05) is 84.0 Å². The predicted octanol–water partition coefficient (Wildman–Crippen LogP) is 12.0. The molecular weight excluding hydrogens is 661 g/mol. The molecule has 4 aromatic rings. The van der Waals surface area contributed by atoms with Crippen molar-refractivity contribution < 1.29 is 9.59 Å². The lowest BCUT2D eigenvalue weighted by Crippen LogP contribution is -2.48. The Morgan fingerprint density at radius 1 is 0.537 bits per heavy atom. The van der Waals surface area contributed by atoms with Crippen LogP contribution in [0.15, 0.2) is 78.9 Å². The van der Waals surface area contributed by atoms with Crippen LogP contribution in [-0.4, -0.2) is 24.9 Å². The molecule has 0 unspecified atom stereocenters. The first kappa shape index (κ1) is 35.5. The van der Waals surface area contributed by atoms with Crippen molar-refractivity contribution in [1.29, 1.82) is 0 Å². The Labute approximate surface area is 323 Å². The van der Waals surface area contributed by atoms with Gasteiger partial charge in [0.1, 0.15) is 0 Å². The van der Waals surface area contributed by atoms with Crippen molar-refractivity contribution in [1.82, 2.24) is 0 Å². The van der Waals surface area contributed by atoms with Crippen LogP contribution in [0.25, 0.3) is 33.4 Å². The van der Waals surface area contributed by atoms with Crippen LogP contribution < -0.4 is 9.80 Å². The second-order valence-corrected chi connectivity index (χ2v) is 19.8. The minimum Gasteiger partial charge on any atom is -0.312 e. The lowest BCUT2D eigenvalue weighted by molar-refractivity contribution is -0.117. The molecule has 4 bridgehead atoms. The van der Waals surface area contributed by atoms with Crippen LogP contribution in [-0.2, 0) is 25.8 Å². The van der Waals surface area contributed by atoms with Gasteiger partial charge in [0.15, 0.2) is 0 Å². The maximum absolute atomic E-state index is 12.8. The van der Waals surface area contributed by atoms with Gasteiger partial charge >= 0.3 is 0 Å². The quantitative estimate of drug-likeness (QED) is 0.199. The molecule has 0 aromatic heterocycles. The summed E-state index contributed by atoms with van der Waals surface area (Å²) < 4.78 is 0. The van der Waals surface area contributed by atoms with Crippen molar-refractivity contribution in [3.8, 4) is 33.4 Å². The second-order valence-electron chi connectivity index (χ2n) is 19.8. The van der Waals surface area contributed by atoms with Crippen LogP contribution in [0.1, 0.15) is 122 Å². The molecule has 0 N–H and O–H groups in total. The number of amides is 2. The van der Waals surface area contributed by atoms with E-state index in [1.165, 1.54) is 88.6 Å². The summed E-state index contributed by atoms with van der Waals surface area (Å²) in [5.74, 6) is 2.98. The van der Waals surface area contributed by atoms with Gasteiger partial charge < -0.3 is 9.80 Å².